The molecular weight excluding hydrogens is 470 g/mol. The lowest BCUT2D eigenvalue weighted by atomic mass is 9.92. The highest BCUT2D eigenvalue weighted by Gasteiger charge is 2.71. The Labute approximate surface area is 167 Å². The van der Waals surface area contributed by atoms with Crippen LogP contribution in [0.5, 0.6) is 0 Å². The Bertz CT molecular complexity index is 1040. The van der Waals surface area contributed by atoms with Crippen LogP contribution in [0.25, 0.3) is 10.8 Å². The molecule has 3 aromatic rings. The Morgan fingerprint density at radius 1 is 0.966 bits per heavy atom. The minimum Gasteiger partial charge on any atom is -0.369 e. The SMILES string of the molecule is O=C(Nc1ccc(C(O)(C(F)(F)F)C(F)(F)F)cc1)c1[nH]cc2cc(Br)ccc12. The lowest BCUT2D eigenvalue weighted by Crippen LogP contribution is -2.53. The maximum Gasteiger partial charge on any atom is 0.430 e. The molecule has 1 amide bonds. The first-order valence-electron chi connectivity index (χ1n) is 7.89. The van der Waals surface area contributed by atoms with Gasteiger partial charge in [-0.05, 0) is 24.3 Å². The molecule has 0 fully saturated rings. The second-order valence-electron chi connectivity index (χ2n) is 6.13. The third-order valence-corrected chi connectivity index (χ3v) is 4.76. The van der Waals surface area contributed by atoms with Crippen molar-refractivity contribution in [1.82, 2.24) is 4.98 Å². The molecule has 0 aliphatic heterocycles. The van der Waals surface area contributed by atoms with E-state index in [-0.39, 0.29) is 11.4 Å². The highest BCUT2D eigenvalue weighted by atomic mass is 79.9. The third kappa shape index (κ3) is 3.71. The second kappa shape index (κ2) is 7.06. The van der Waals surface area contributed by atoms with E-state index in [4.69, 9.17) is 0 Å². The summed E-state index contributed by atoms with van der Waals surface area (Å²) in [6.07, 6.45) is -10.4. The van der Waals surface area contributed by atoms with Crippen LogP contribution in [0.1, 0.15) is 16.1 Å². The lowest BCUT2D eigenvalue weighted by Gasteiger charge is -2.32. The number of H-pyrrole nitrogens is 1. The number of rotatable bonds is 3. The Hall–Kier alpha value is -2.53. The molecule has 1 aromatic heterocycles. The van der Waals surface area contributed by atoms with Gasteiger partial charge in [-0.1, -0.05) is 34.1 Å². The zero-order valence-electron chi connectivity index (χ0n) is 14.1. The highest BCUT2D eigenvalue weighted by molar-refractivity contribution is 9.10. The normalized spacial score (nSPS) is 13.0. The number of halogens is 7. The minimum absolute atomic E-state index is 0.0506. The summed E-state index contributed by atoms with van der Waals surface area (Å²) in [7, 11) is 0. The Morgan fingerprint density at radius 3 is 2.10 bits per heavy atom. The first-order chi connectivity index (χ1) is 13.3. The Kier molecular flexibility index (Phi) is 5.16. The minimum atomic E-state index is -5.98. The molecular formula is C18H11BrF6N2O2. The van der Waals surface area contributed by atoms with E-state index >= 15 is 0 Å². The number of hydrogen-bond acceptors (Lipinski definition) is 2. The number of aliphatic hydroxyl groups is 1. The van der Waals surface area contributed by atoms with E-state index in [0.717, 1.165) is 22.0 Å². The fourth-order valence-electron chi connectivity index (χ4n) is 2.77. The van der Waals surface area contributed by atoms with Gasteiger partial charge in [0.25, 0.3) is 11.5 Å². The molecule has 0 spiro atoms. The summed E-state index contributed by atoms with van der Waals surface area (Å²) in [5, 5.41) is 13.1. The number of nitrogens with one attached hydrogen (secondary N) is 2. The summed E-state index contributed by atoms with van der Waals surface area (Å²) in [6.45, 7) is 0. The summed E-state index contributed by atoms with van der Waals surface area (Å²) >= 11 is 3.29. The van der Waals surface area contributed by atoms with Crippen LogP contribution in [-0.4, -0.2) is 28.4 Å². The molecule has 0 unspecified atom stereocenters. The van der Waals surface area contributed by atoms with E-state index < -0.39 is 29.4 Å². The van der Waals surface area contributed by atoms with Crippen molar-refractivity contribution < 1.29 is 36.2 Å². The number of fused-ring (bicyclic) bond motifs is 1. The number of carbonyl (C=O) groups excluding carboxylic acids is 1. The predicted octanol–water partition coefficient (Wildman–Crippen LogP) is 5.49. The van der Waals surface area contributed by atoms with Crippen molar-refractivity contribution in [3.63, 3.8) is 0 Å². The fourth-order valence-corrected chi connectivity index (χ4v) is 3.15. The maximum atomic E-state index is 12.9. The molecule has 29 heavy (non-hydrogen) atoms. The average Bonchev–Trinajstić information content (AvgIpc) is 3.02. The van der Waals surface area contributed by atoms with Crippen molar-refractivity contribution in [1.29, 1.82) is 0 Å². The number of anilines is 1. The number of hydrogen-bond donors (Lipinski definition) is 3. The van der Waals surface area contributed by atoms with E-state index in [0.29, 0.717) is 17.5 Å². The van der Waals surface area contributed by atoms with Crippen LogP contribution in [0.2, 0.25) is 0 Å². The molecule has 0 saturated heterocycles. The molecule has 11 heteroatoms. The maximum absolute atomic E-state index is 12.9. The number of alkyl halides is 6. The van der Waals surface area contributed by atoms with E-state index in [9.17, 15) is 36.2 Å². The summed E-state index contributed by atoms with van der Waals surface area (Å²) < 4.78 is 78.3. The molecule has 0 radical (unpaired) electrons. The van der Waals surface area contributed by atoms with Gasteiger partial charge in [0, 0.05) is 32.7 Å². The van der Waals surface area contributed by atoms with Crippen LogP contribution in [-0.2, 0) is 5.60 Å². The van der Waals surface area contributed by atoms with Gasteiger partial charge in [0.2, 0.25) is 0 Å². The lowest BCUT2D eigenvalue weighted by molar-refractivity contribution is -0.376. The third-order valence-electron chi connectivity index (χ3n) is 4.26. The predicted molar refractivity (Wildman–Crippen MR) is 96.4 cm³/mol. The van der Waals surface area contributed by atoms with Crippen LogP contribution in [0, 0.1) is 0 Å². The van der Waals surface area contributed by atoms with Crippen LogP contribution < -0.4 is 5.32 Å². The van der Waals surface area contributed by atoms with Crippen molar-refractivity contribution in [3.8, 4) is 0 Å². The molecule has 154 valence electrons. The summed E-state index contributed by atoms with van der Waals surface area (Å²) in [5.74, 6) is -0.642. The van der Waals surface area contributed by atoms with Gasteiger partial charge in [-0.2, -0.15) is 26.3 Å². The van der Waals surface area contributed by atoms with Gasteiger partial charge in [-0.15, -0.1) is 0 Å². The van der Waals surface area contributed by atoms with E-state index in [2.05, 4.69) is 26.2 Å². The first-order valence-corrected chi connectivity index (χ1v) is 8.68. The van der Waals surface area contributed by atoms with E-state index in [1.807, 2.05) is 0 Å². The molecule has 4 nitrogen and oxygen atoms in total. The largest absolute Gasteiger partial charge is 0.430 e. The summed E-state index contributed by atoms with van der Waals surface area (Å²) in [6, 6.07) is 7.74. The van der Waals surface area contributed by atoms with Crippen LogP contribution in [0.4, 0.5) is 32.0 Å². The zero-order chi connectivity index (χ0) is 21.6. The summed E-state index contributed by atoms with van der Waals surface area (Å²) in [5.41, 5.74) is -6.32. The van der Waals surface area contributed by atoms with Crippen LogP contribution >= 0.6 is 15.9 Å². The number of aromatic amines is 1. The van der Waals surface area contributed by atoms with Crippen molar-refractivity contribution in [3.05, 3.63) is 64.4 Å². The number of aromatic nitrogens is 1. The van der Waals surface area contributed by atoms with Crippen molar-refractivity contribution in [2.75, 3.05) is 5.32 Å². The molecule has 3 rings (SSSR count). The molecule has 0 aliphatic carbocycles. The zero-order valence-corrected chi connectivity index (χ0v) is 15.7. The Morgan fingerprint density at radius 2 is 1.55 bits per heavy atom. The molecule has 3 N–H and O–H groups in total. The highest BCUT2D eigenvalue weighted by Crippen LogP contribution is 2.50. The van der Waals surface area contributed by atoms with Gasteiger partial charge in [-0.3, -0.25) is 4.79 Å². The van der Waals surface area contributed by atoms with Crippen molar-refractivity contribution in [2.45, 2.75) is 18.0 Å². The average molecular weight is 481 g/mol. The Balaban J connectivity index is 1.87. The topological polar surface area (TPSA) is 65.1 Å². The van der Waals surface area contributed by atoms with Gasteiger partial charge < -0.3 is 15.4 Å². The molecule has 0 aliphatic rings. The quantitative estimate of drug-likeness (QED) is 0.433. The number of benzene rings is 2. The molecule has 2 aromatic carbocycles. The molecule has 1 heterocycles. The number of amides is 1. The van der Waals surface area contributed by atoms with Crippen molar-refractivity contribution in [2.24, 2.45) is 0 Å². The standard InChI is InChI=1S/C18H11BrF6N2O2/c19-11-3-6-13-9(7-11)8-26-14(13)15(28)27-12-4-1-10(2-5-12)16(29,17(20,21)22)18(23,24)25/h1-8,26,29H,(H,27,28). The van der Waals surface area contributed by atoms with Gasteiger partial charge in [0.15, 0.2) is 0 Å². The molecule has 0 atom stereocenters. The molecule has 0 saturated carbocycles. The van der Waals surface area contributed by atoms with E-state index in [1.54, 1.807) is 24.4 Å². The molecule has 0 bridgehead atoms. The second-order valence-corrected chi connectivity index (χ2v) is 7.05. The van der Waals surface area contributed by atoms with Gasteiger partial charge in [0.1, 0.15) is 5.69 Å². The monoisotopic (exact) mass is 480 g/mol. The van der Waals surface area contributed by atoms with Crippen LogP contribution in [0.3, 0.4) is 0 Å². The fraction of sp³-hybridized carbons (Fsp3) is 0.167. The van der Waals surface area contributed by atoms with Gasteiger partial charge in [-0.25, -0.2) is 0 Å². The first kappa shape index (κ1) is 21.2. The van der Waals surface area contributed by atoms with Crippen LogP contribution in [0.15, 0.2) is 53.1 Å². The van der Waals surface area contributed by atoms with Gasteiger partial charge >= 0.3 is 12.4 Å². The summed E-state index contributed by atoms with van der Waals surface area (Å²) in [4.78, 5) is 15.2. The van der Waals surface area contributed by atoms with Gasteiger partial charge in [0.05, 0.1) is 0 Å². The van der Waals surface area contributed by atoms with E-state index in [1.165, 1.54) is 0 Å². The van der Waals surface area contributed by atoms with Crippen molar-refractivity contribution >= 4 is 38.3 Å². The smallest absolute Gasteiger partial charge is 0.369 e. The number of carbonyl (C=O) groups is 1.